The molecule has 4 aromatic rings. The molecular weight excluding hydrogens is 330 g/mol. The Hall–Kier alpha value is -2.36. The van der Waals surface area contributed by atoms with Gasteiger partial charge in [0.15, 0.2) is 0 Å². The number of hydrogen-bond donors (Lipinski definition) is 1. The fourth-order valence-electron chi connectivity index (χ4n) is 2.48. The smallest absolute Gasteiger partial charge is 0.0936 e. The third-order valence-electron chi connectivity index (χ3n) is 3.72. The van der Waals surface area contributed by atoms with Crippen molar-refractivity contribution < 1.29 is 0 Å². The van der Waals surface area contributed by atoms with Gasteiger partial charge in [0.1, 0.15) is 0 Å². The zero-order chi connectivity index (χ0) is 16.8. The minimum absolute atomic E-state index is 0.890. The van der Waals surface area contributed by atoms with Crippen LogP contribution in [0.4, 0.5) is 5.00 Å². The Morgan fingerprint density at radius 3 is 1.58 bits per heavy atom. The Morgan fingerprint density at radius 2 is 1.12 bits per heavy atom. The van der Waals surface area contributed by atoms with Gasteiger partial charge in [0.2, 0.25) is 0 Å². The fourth-order valence-corrected chi connectivity index (χ4v) is 3.86. The van der Waals surface area contributed by atoms with Gasteiger partial charge in [-0.15, -0.1) is 22.7 Å². The van der Waals surface area contributed by atoms with Gasteiger partial charge >= 0.3 is 0 Å². The van der Waals surface area contributed by atoms with Gasteiger partial charge in [-0.25, -0.2) is 0 Å². The number of aryl methyl sites for hydroxylation is 1. The van der Waals surface area contributed by atoms with Crippen LogP contribution in [0, 0.1) is 6.92 Å². The maximum Gasteiger partial charge on any atom is 0.0936 e. The molecule has 2 aromatic heterocycles. The highest BCUT2D eigenvalue weighted by Crippen LogP contribution is 2.29. The van der Waals surface area contributed by atoms with Crippen molar-refractivity contribution in [3.8, 4) is 22.3 Å². The number of nitrogens with two attached hydrogens (primary N) is 1. The Bertz CT molecular complexity index is 801. The molecule has 4 rings (SSSR count). The Balaban J connectivity index is 0.000000141. The SMILES string of the molecule is Cc1sccc1-c1ccccc1.Nc1sccc1-c1ccccc1. The van der Waals surface area contributed by atoms with Gasteiger partial charge in [0.05, 0.1) is 5.00 Å². The van der Waals surface area contributed by atoms with E-state index in [2.05, 4.69) is 60.8 Å². The highest BCUT2D eigenvalue weighted by molar-refractivity contribution is 7.14. The summed E-state index contributed by atoms with van der Waals surface area (Å²) in [4.78, 5) is 1.39. The van der Waals surface area contributed by atoms with Crippen LogP contribution in [0.5, 0.6) is 0 Å². The average Bonchev–Trinajstić information content (AvgIpc) is 3.25. The summed E-state index contributed by atoms with van der Waals surface area (Å²) in [6.45, 7) is 2.16. The lowest BCUT2D eigenvalue weighted by molar-refractivity contribution is 1.58. The third kappa shape index (κ3) is 3.94. The second-order valence-electron chi connectivity index (χ2n) is 5.32. The molecule has 0 spiro atoms. The molecule has 1 nitrogen and oxygen atoms in total. The minimum atomic E-state index is 0.890. The molecule has 0 aliphatic carbocycles. The molecule has 0 saturated heterocycles. The van der Waals surface area contributed by atoms with Gasteiger partial charge in [-0.05, 0) is 46.5 Å². The second-order valence-corrected chi connectivity index (χ2v) is 7.39. The van der Waals surface area contributed by atoms with Gasteiger partial charge in [-0.1, -0.05) is 60.7 Å². The molecular formula is C21H19NS2. The molecule has 120 valence electrons. The molecule has 2 heterocycles. The molecule has 0 amide bonds. The van der Waals surface area contributed by atoms with Crippen LogP contribution in [0.3, 0.4) is 0 Å². The first-order chi connectivity index (χ1) is 11.8. The monoisotopic (exact) mass is 349 g/mol. The second kappa shape index (κ2) is 7.95. The minimum Gasteiger partial charge on any atom is -0.390 e. The predicted octanol–water partition coefficient (Wildman–Crippen LogP) is 6.72. The highest BCUT2D eigenvalue weighted by atomic mass is 32.1. The Kier molecular flexibility index (Phi) is 5.47. The molecule has 2 aromatic carbocycles. The lowest BCUT2D eigenvalue weighted by atomic mass is 10.1. The van der Waals surface area contributed by atoms with E-state index >= 15 is 0 Å². The van der Waals surface area contributed by atoms with Gasteiger partial charge in [0.25, 0.3) is 0 Å². The van der Waals surface area contributed by atoms with Crippen molar-refractivity contribution in [3.63, 3.8) is 0 Å². The number of rotatable bonds is 2. The van der Waals surface area contributed by atoms with Crippen LogP contribution in [0.15, 0.2) is 83.6 Å². The van der Waals surface area contributed by atoms with Crippen molar-refractivity contribution in [3.05, 3.63) is 88.4 Å². The average molecular weight is 350 g/mol. The molecule has 0 atom stereocenters. The topological polar surface area (TPSA) is 26.0 Å². The molecule has 0 saturated carbocycles. The van der Waals surface area contributed by atoms with E-state index in [0.29, 0.717) is 0 Å². The predicted molar refractivity (Wildman–Crippen MR) is 109 cm³/mol. The summed E-state index contributed by atoms with van der Waals surface area (Å²) >= 11 is 3.38. The zero-order valence-electron chi connectivity index (χ0n) is 13.5. The number of thiophene rings is 2. The van der Waals surface area contributed by atoms with Gasteiger partial charge < -0.3 is 5.73 Å². The number of hydrogen-bond acceptors (Lipinski definition) is 3. The third-order valence-corrected chi connectivity index (χ3v) is 5.32. The van der Waals surface area contributed by atoms with E-state index in [1.165, 1.54) is 21.6 Å². The summed E-state index contributed by atoms with van der Waals surface area (Å²) in [5, 5.41) is 5.04. The van der Waals surface area contributed by atoms with Crippen molar-refractivity contribution in [1.82, 2.24) is 0 Å². The largest absolute Gasteiger partial charge is 0.390 e. The van der Waals surface area contributed by atoms with E-state index in [0.717, 1.165) is 10.6 Å². The van der Waals surface area contributed by atoms with Gasteiger partial charge in [-0.3, -0.25) is 0 Å². The maximum absolute atomic E-state index is 5.79. The van der Waals surface area contributed by atoms with Crippen LogP contribution in [-0.2, 0) is 0 Å². The van der Waals surface area contributed by atoms with E-state index in [4.69, 9.17) is 5.73 Å². The van der Waals surface area contributed by atoms with Crippen LogP contribution in [0.2, 0.25) is 0 Å². The van der Waals surface area contributed by atoms with Crippen molar-refractivity contribution in [1.29, 1.82) is 0 Å². The first-order valence-electron chi connectivity index (χ1n) is 7.73. The van der Waals surface area contributed by atoms with E-state index in [1.54, 1.807) is 22.7 Å². The van der Waals surface area contributed by atoms with Crippen LogP contribution >= 0.6 is 22.7 Å². The molecule has 0 aliphatic rings. The summed E-state index contributed by atoms with van der Waals surface area (Å²) in [7, 11) is 0. The molecule has 0 fully saturated rings. The van der Waals surface area contributed by atoms with E-state index in [-0.39, 0.29) is 0 Å². The normalized spacial score (nSPS) is 10.0. The molecule has 0 radical (unpaired) electrons. The zero-order valence-corrected chi connectivity index (χ0v) is 15.1. The number of nitrogen functional groups attached to an aromatic ring is 1. The van der Waals surface area contributed by atoms with Crippen LogP contribution < -0.4 is 5.73 Å². The molecule has 2 N–H and O–H groups in total. The van der Waals surface area contributed by atoms with Crippen LogP contribution in [0.1, 0.15) is 4.88 Å². The molecule has 24 heavy (non-hydrogen) atoms. The molecule has 0 aliphatic heterocycles. The maximum atomic E-state index is 5.79. The number of anilines is 1. The first-order valence-corrected chi connectivity index (χ1v) is 9.49. The van der Waals surface area contributed by atoms with Crippen LogP contribution in [0.25, 0.3) is 22.3 Å². The standard InChI is InChI=1S/C11H10S.C10H9NS/c1-9-11(7-8-12-9)10-5-3-2-4-6-10;11-10-9(6-7-12-10)8-4-2-1-3-5-8/h2-8H,1H3;1-7H,11H2. The summed E-state index contributed by atoms with van der Waals surface area (Å²) < 4.78 is 0. The lowest BCUT2D eigenvalue weighted by Gasteiger charge is -1.97. The van der Waals surface area contributed by atoms with Gasteiger partial charge in [-0.2, -0.15) is 0 Å². The quantitative estimate of drug-likeness (QED) is 0.427. The van der Waals surface area contributed by atoms with Crippen molar-refractivity contribution in [2.45, 2.75) is 6.92 Å². The lowest BCUT2D eigenvalue weighted by Crippen LogP contribution is -1.82. The van der Waals surface area contributed by atoms with Crippen molar-refractivity contribution in [2.24, 2.45) is 0 Å². The first kappa shape index (κ1) is 16.5. The molecule has 3 heteroatoms. The summed E-state index contributed by atoms with van der Waals surface area (Å²) in [5.74, 6) is 0. The Labute approximate surface area is 151 Å². The molecule has 0 bridgehead atoms. The van der Waals surface area contributed by atoms with E-state index in [9.17, 15) is 0 Å². The fraction of sp³-hybridized carbons (Fsp3) is 0.0476. The van der Waals surface area contributed by atoms with E-state index in [1.807, 2.05) is 29.6 Å². The van der Waals surface area contributed by atoms with E-state index < -0.39 is 0 Å². The summed E-state index contributed by atoms with van der Waals surface area (Å²) in [6, 6.07) is 24.9. The summed E-state index contributed by atoms with van der Waals surface area (Å²) in [5.41, 5.74) is 10.8. The molecule has 0 unspecified atom stereocenters. The van der Waals surface area contributed by atoms with Gasteiger partial charge in [0, 0.05) is 10.4 Å². The Morgan fingerprint density at radius 1 is 0.625 bits per heavy atom. The van der Waals surface area contributed by atoms with Crippen LogP contribution in [-0.4, -0.2) is 0 Å². The number of benzene rings is 2. The highest BCUT2D eigenvalue weighted by Gasteiger charge is 2.01. The van der Waals surface area contributed by atoms with Crippen molar-refractivity contribution >= 4 is 27.7 Å². The van der Waals surface area contributed by atoms with Crippen molar-refractivity contribution in [2.75, 3.05) is 5.73 Å². The summed E-state index contributed by atoms with van der Waals surface area (Å²) in [6.07, 6.45) is 0.